The van der Waals surface area contributed by atoms with Crippen molar-refractivity contribution >= 4 is 17.2 Å². The maximum Gasteiger partial charge on any atom is 0.225 e. The van der Waals surface area contributed by atoms with E-state index in [0.29, 0.717) is 18.8 Å². The van der Waals surface area contributed by atoms with Gasteiger partial charge in [0, 0.05) is 28.7 Å². The molecule has 2 heterocycles. The monoisotopic (exact) mass is 367 g/mol. The summed E-state index contributed by atoms with van der Waals surface area (Å²) in [4.78, 5) is 22.2. The van der Waals surface area contributed by atoms with E-state index in [9.17, 15) is 4.79 Å². The fraction of sp³-hybridized carbons (Fsp3) is 0.250. The highest BCUT2D eigenvalue weighted by molar-refractivity contribution is 7.12. The number of aryl methyl sites for hydroxylation is 2. The number of methoxy groups -OCH3 is 1. The Morgan fingerprint density at radius 3 is 2.69 bits per heavy atom. The van der Waals surface area contributed by atoms with Crippen LogP contribution in [0.5, 0.6) is 5.88 Å². The highest BCUT2D eigenvalue weighted by atomic mass is 32.1. The van der Waals surface area contributed by atoms with Crippen molar-refractivity contribution in [3.63, 3.8) is 0 Å². The zero-order valence-electron chi connectivity index (χ0n) is 15.1. The molecule has 1 aromatic carbocycles. The van der Waals surface area contributed by atoms with E-state index in [1.54, 1.807) is 24.6 Å². The Hall–Kier alpha value is -2.73. The topological polar surface area (TPSA) is 64.1 Å². The molecule has 3 rings (SSSR count). The van der Waals surface area contributed by atoms with Gasteiger partial charge in [-0.2, -0.15) is 0 Å². The number of hydrogen-bond donors (Lipinski definition) is 1. The van der Waals surface area contributed by atoms with E-state index < -0.39 is 0 Å². The molecule has 3 aromatic rings. The molecule has 0 fully saturated rings. The number of rotatable bonds is 6. The average molecular weight is 367 g/mol. The third-order valence-electron chi connectivity index (χ3n) is 3.97. The van der Waals surface area contributed by atoms with Gasteiger partial charge in [-0.15, -0.1) is 11.3 Å². The second-order valence-corrected chi connectivity index (χ2v) is 7.28. The molecule has 2 aromatic heterocycles. The van der Waals surface area contributed by atoms with Crippen molar-refractivity contribution in [3.05, 3.63) is 63.6 Å². The third kappa shape index (κ3) is 4.26. The van der Waals surface area contributed by atoms with Crippen LogP contribution in [0.2, 0.25) is 0 Å². The molecule has 26 heavy (non-hydrogen) atoms. The van der Waals surface area contributed by atoms with Crippen molar-refractivity contribution in [2.24, 2.45) is 0 Å². The minimum atomic E-state index is -0.0482. The number of thiazole rings is 1. The normalized spacial score (nSPS) is 10.6. The van der Waals surface area contributed by atoms with Gasteiger partial charge in [-0.25, -0.2) is 9.97 Å². The Bertz CT molecular complexity index is 904. The fourth-order valence-electron chi connectivity index (χ4n) is 2.67. The molecule has 6 heteroatoms. The molecular formula is C20H21N3O2S. The number of carbonyl (C=O) groups is 1. The van der Waals surface area contributed by atoms with Crippen molar-refractivity contribution < 1.29 is 9.53 Å². The minimum absolute atomic E-state index is 0.0482. The smallest absolute Gasteiger partial charge is 0.225 e. The number of hydrogen-bond acceptors (Lipinski definition) is 5. The lowest BCUT2D eigenvalue weighted by Gasteiger charge is -2.08. The van der Waals surface area contributed by atoms with Crippen molar-refractivity contribution in [2.75, 3.05) is 7.11 Å². The molecule has 1 N–H and O–H groups in total. The van der Waals surface area contributed by atoms with Gasteiger partial charge < -0.3 is 10.1 Å². The summed E-state index contributed by atoms with van der Waals surface area (Å²) in [7, 11) is 1.57. The molecule has 0 aliphatic heterocycles. The summed E-state index contributed by atoms with van der Waals surface area (Å²) in [5.41, 5.74) is 3.98. The zero-order chi connectivity index (χ0) is 18.5. The van der Waals surface area contributed by atoms with Gasteiger partial charge in [-0.05, 0) is 19.9 Å². The SMILES string of the molecule is COc1ncccc1CNC(=O)Cc1sc(C)nc1-c1ccc(C)cc1. The Morgan fingerprint density at radius 1 is 1.19 bits per heavy atom. The summed E-state index contributed by atoms with van der Waals surface area (Å²) < 4.78 is 5.22. The van der Waals surface area contributed by atoms with Gasteiger partial charge in [-0.1, -0.05) is 35.9 Å². The van der Waals surface area contributed by atoms with Gasteiger partial charge in [0.1, 0.15) is 0 Å². The molecule has 0 bridgehead atoms. The summed E-state index contributed by atoms with van der Waals surface area (Å²) in [6.07, 6.45) is 1.97. The number of nitrogens with one attached hydrogen (secondary N) is 1. The van der Waals surface area contributed by atoms with Gasteiger partial charge >= 0.3 is 0 Å². The number of nitrogens with zero attached hydrogens (tertiary/aromatic N) is 2. The van der Waals surface area contributed by atoms with E-state index in [-0.39, 0.29) is 5.91 Å². The lowest BCUT2D eigenvalue weighted by molar-refractivity contribution is -0.120. The molecular weight excluding hydrogens is 346 g/mol. The number of amides is 1. The predicted octanol–water partition coefficient (Wildman–Crippen LogP) is 3.69. The van der Waals surface area contributed by atoms with E-state index in [0.717, 1.165) is 26.7 Å². The van der Waals surface area contributed by atoms with Gasteiger partial charge in [0.15, 0.2) is 0 Å². The lowest BCUT2D eigenvalue weighted by Crippen LogP contribution is -2.24. The summed E-state index contributed by atoms with van der Waals surface area (Å²) >= 11 is 1.56. The molecule has 0 unspecified atom stereocenters. The largest absolute Gasteiger partial charge is 0.481 e. The van der Waals surface area contributed by atoms with Crippen LogP contribution in [0.15, 0.2) is 42.6 Å². The van der Waals surface area contributed by atoms with Crippen LogP contribution in [0.4, 0.5) is 0 Å². The summed E-state index contributed by atoms with van der Waals surface area (Å²) in [6, 6.07) is 11.9. The van der Waals surface area contributed by atoms with Gasteiger partial charge in [0.05, 0.1) is 24.2 Å². The van der Waals surface area contributed by atoms with Crippen LogP contribution in [0.3, 0.4) is 0 Å². The maximum atomic E-state index is 12.4. The summed E-state index contributed by atoms with van der Waals surface area (Å²) in [5, 5.41) is 3.90. The zero-order valence-corrected chi connectivity index (χ0v) is 15.9. The number of pyridine rings is 1. The first-order chi connectivity index (χ1) is 12.6. The number of aromatic nitrogens is 2. The van der Waals surface area contributed by atoms with E-state index in [2.05, 4.69) is 34.3 Å². The molecule has 0 atom stereocenters. The van der Waals surface area contributed by atoms with Crippen LogP contribution >= 0.6 is 11.3 Å². The first-order valence-electron chi connectivity index (χ1n) is 8.34. The standard InChI is InChI=1S/C20H21N3O2S/c1-13-6-8-15(9-7-13)19-17(26-14(2)23-19)11-18(24)22-12-16-5-4-10-21-20(16)25-3/h4-10H,11-12H2,1-3H3,(H,22,24). The molecule has 0 aliphatic rings. The molecule has 0 saturated carbocycles. The molecule has 0 spiro atoms. The maximum absolute atomic E-state index is 12.4. The second-order valence-electron chi connectivity index (χ2n) is 6.00. The van der Waals surface area contributed by atoms with Crippen LogP contribution in [-0.2, 0) is 17.8 Å². The molecule has 5 nitrogen and oxygen atoms in total. The van der Waals surface area contributed by atoms with Gasteiger partial charge in [0.25, 0.3) is 0 Å². The Balaban J connectivity index is 1.71. The number of ether oxygens (including phenoxy) is 1. The molecule has 0 aliphatic carbocycles. The first kappa shape index (κ1) is 18.1. The van der Waals surface area contributed by atoms with Gasteiger partial charge in [0.2, 0.25) is 11.8 Å². The van der Waals surface area contributed by atoms with Crippen molar-refractivity contribution in [2.45, 2.75) is 26.8 Å². The predicted molar refractivity (Wildman–Crippen MR) is 103 cm³/mol. The number of benzene rings is 1. The Kier molecular flexibility index (Phi) is 5.63. The molecule has 0 saturated heterocycles. The second kappa shape index (κ2) is 8.10. The fourth-order valence-corrected chi connectivity index (χ4v) is 3.63. The van der Waals surface area contributed by atoms with E-state index >= 15 is 0 Å². The highest BCUT2D eigenvalue weighted by Crippen LogP contribution is 2.28. The van der Waals surface area contributed by atoms with Crippen molar-refractivity contribution in [3.8, 4) is 17.1 Å². The first-order valence-corrected chi connectivity index (χ1v) is 9.16. The van der Waals surface area contributed by atoms with Crippen LogP contribution in [-0.4, -0.2) is 23.0 Å². The molecule has 0 radical (unpaired) electrons. The third-order valence-corrected chi connectivity index (χ3v) is 4.94. The molecule has 1 amide bonds. The average Bonchev–Trinajstić information content (AvgIpc) is 3.01. The van der Waals surface area contributed by atoms with E-state index in [4.69, 9.17) is 4.74 Å². The van der Waals surface area contributed by atoms with Crippen molar-refractivity contribution in [1.29, 1.82) is 0 Å². The van der Waals surface area contributed by atoms with Gasteiger partial charge in [-0.3, -0.25) is 4.79 Å². The molecule has 134 valence electrons. The summed E-state index contributed by atoms with van der Waals surface area (Å²) in [5.74, 6) is 0.481. The van der Waals surface area contributed by atoms with Crippen LogP contribution < -0.4 is 10.1 Å². The van der Waals surface area contributed by atoms with E-state index in [1.165, 1.54) is 5.56 Å². The Labute approximate surface area is 157 Å². The Morgan fingerprint density at radius 2 is 1.96 bits per heavy atom. The van der Waals surface area contributed by atoms with E-state index in [1.807, 2.05) is 31.2 Å². The highest BCUT2D eigenvalue weighted by Gasteiger charge is 2.15. The minimum Gasteiger partial charge on any atom is -0.481 e. The van der Waals surface area contributed by atoms with Crippen LogP contribution in [0.25, 0.3) is 11.3 Å². The van der Waals surface area contributed by atoms with Crippen LogP contribution in [0, 0.1) is 13.8 Å². The van der Waals surface area contributed by atoms with Crippen LogP contribution in [0.1, 0.15) is 21.0 Å². The number of carbonyl (C=O) groups excluding carboxylic acids is 1. The lowest BCUT2D eigenvalue weighted by atomic mass is 10.1. The quantitative estimate of drug-likeness (QED) is 0.722. The van der Waals surface area contributed by atoms with Crippen molar-refractivity contribution in [1.82, 2.24) is 15.3 Å². The summed E-state index contributed by atoms with van der Waals surface area (Å²) in [6.45, 7) is 4.40.